The molecule has 6 rings (SSSR count). The van der Waals surface area contributed by atoms with Gasteiger partial charge >= 0.3 is 0 Å². The summed E-state index contributed by atoms with van der Waals surface area (Å²) in [5, 5.41) is 4.41. The molecule has 0 unspecified atom stereocenters. The van der Waals surface area contributed by atoms with Crippen LogP contribution in [-0.2, 0) is 0 Å². The van der Waals surface area contributed by atoms with E-state index in [1.165, 1.54) is 10.1 Å². The molecule has 1 N–H and O–H groups in total. The predicted octanol–water partition coefficient (Wildman–Crippen LogP) is 5.72. The van der Waals surface area contributed by atoms with Crippen molar-refractivity contribution >= 4 is 39.1 Å². The third-order valence-electron chi connectivity index (χ3n) is 8.42. The fourth-order valence-electron chi connectivity index (χ4n) is 6.04. The minimum atomic E-state index is -0.115. The smallest absolute Gasteiger partial charge is 0.251 e. The van der Waals surface area contributed by atoms with Crippen LogP contribution < -0.4 is 10.2 Å². The topological polar surface area (TPSA) is 65.5 Å². The Bertz CT molecular complexity index is 1520. The van der Waals surface area contributed by atoms with E-state index in [1.807, 2.05) is 36.4 Å². The largest absolute Gasteiger partial charge is 0.353 e. The second kappa shape index (κ2) is 10.9. The Kier molecular flexibility index (Phi) is 7.19. The highest BCUT2D eigenvalue weighted by atomic mass is 32.1. The minimum absolute atomic E-state index is 0.00151. The van der Waals surface area contributed by atoms with Gasteiger partial charge in [0.25, 0.3) is 5.91 Å². The molecule has 1 saturated heterocycles. The van der Waals surface area contributed by atoms with Gasteiger partial charge in [-0.25, -0.2) is 0 Å². The lowest BCUT2D eigenvalue weighted by molar-refractivity contribution is 0.0937. The van der Waals surface area contributed by atoms with Crippen LogP contribution in [0, 0.1) is 11.8 Å². The molecule has 3 aromatic carbocycles. The highest BCUT2D eigenvalue weighted by molar-refractivity contribution is 7.13. The van der Waals surface area contributed by atoms with Gasteiger partial charge in [-0.3, -0.25) is 14.5 Å². The van der Waals surface area contributed by atoms with Crippen LogP contribution in [0.25, 0.3) is 21.2 Å². The summed E-state index contributed by atoms with van der Waals surface area (Å²) < 4.78 is 5.98. The van der Waals surface area contributed by atoms with Gasteiger partial charge < -0.3 is 10.2 Å². The standard InChI is InChI=1S/C32H34N4O2S/c1-3-22(19-33-32(38)23-12-13-25-24-8-4-5-9-26(24)30(37)28(25)18-23)21(2)20-35-14-16-36(17-15-35)31-27-10-6-7-11-29(27)39-34-31/h4-13,18,21-22H,3,14-17,19-20H2,1-2H3,(H,33,38)/t21-,22-/m1/s1. The van der Waals surface area contributed by atoms with Crippen molar-refractivity contribution in [1.29, 1.82) is 0 Å². The Labute approximate surface area is 233 Å². The summed E-state index contributed by atoms with van der Waals surface area (Å²) in [5.41, 5.74) is 3.74. The maximum Gasteiger partial charge on any atom is 0.251 e. The second-order valence-corrected chi connectivity index (χ2v) is 11.6. The molecular formula is C32H34N4O2S. The normalized spacial score (nSPS) is 16.7. The van der Waals surface area contributed by atoms with Gasteiger partial charge in [-0.05, 0) is 58.8 Å². The average Bonchev–Trinajstić information content (AvgIpc) is 3.53. The van der Waals surface area contributed by atoms with Gasteiger partial charge in [-0.1, -0.05) is 62.7 Å². The van der Waals surface area contributed by atoms with Gasteiger partial charge in [0.2, 0.25) is 0 Å². The van der Waals surface area contributed by atoms with E-state index < -0.39 is 0 Å². The fraction of sp³-hybridized carbons (Fsp3) is 0.344. The number of fused-ring (bicyclic) bond motifs is 4. The first kappa shape index (κ1) is 25.7. The number of rotatable bonds is 8. The number of ketones is 1. The van der Waals surface area contributed by atoms with Crippen LogP contribution in [0.4, 0.5) is 5.82 Å². The highest BCUT2D eigenvalue weighted by Gasteiger charge is 2.28. The van der Waals surface area contributed by atoms with Crippen LogP contribution in [0.1, 0.15) is 46.5 Å². The lowest BCUT2D eigenvalue weighted by atomic mass is 9.90. The Morgan fingerprint density at radius 2 is 1.67 bits per heavy atom. The first-order valence-corrected chi connectivity index (χ1v) is 14.7. The number of nitrogens with one attached hydrogen (secondary N) is 1. The summed E-state index contributed by atoms with van der Waals surface area (Å²) in [6.07, 6.45) is 1.00. The van der Waals surface area contributed by atoms with Crippen LogP contribution in [-0.4, -0.2) is 60.2 Å². The number of carbonyl (C=O) groups excluding carboxylic acids is 2. The van der Waals surface area contributed by atoms with Crippen LogP contribution in [0.3, 0.4) is 0 Å². The zero-order valence-corrected chi connectivity index (χ0v) is 23.3. The Balaban J connectivity index is 1.02. The van der Waals surface area contributed by atoms with Crippen LogP contribution >= 0.6 is 11.5 Å². The molecule has 200 valence electrons. The summed E-state index contributed by atoms with van der Waals surface area (Å²) in [6, 6.07) is 21.6. The summed E-state index contributed by atoms with van der Waals surface area (Å²) in [6.45, 7) is 10.1. The maximum atomic E-state index is 13.1. The molecule has 2 heterocycles. The van der Waals surface area contributed by atoms with E-state index in [2.05, 4.69) is 53.2 Å². The fourth-order valence-corrected chi connectivity index (χ4v) is 6.84. The van der Waals surface area contributed by atoms with E-state index in [9.17, 15) is 9.59 Å². The number of hydrogen-bond acceptors (Lipinski definition) is 6. The molecule has 0 radical (unpaired) electrons. The number of piperazine rings is 1. The Morgan fingerprint density at radius 3 is 2.46 bits per heavy atom. The van der Waals surface area contributed by atoms with Crippen molar-refractivity contribution in [2.75, 3.05) is 44.2 Å². The molecule has 1 fully saturated rings. The number of amides is 1. The summed E-state index contributed by atoms with van der Waals surface area (Å²) in [5.74, 6) is 1.84. The highest BCUT2D eigenvalue weighted by Crippen LogP contribution is 2.36. The van der Waals surface area contributed by atoms with Gasteiger partial charge in [0, 0.05) is 61.3 Å². The molecule has 1 aliphatic heterocycles. The molecule has 2 atom stereocenters. The molecule has 6 nitrogen and oxygen atoms in total. The summed E-state index contributed by atoms with van der Waals surface area (Å²) in [7, 11) is 0. The molecule has 7 heteroatoms. The van der Waals surface area contributed by atoms with Crippen molar-refractivity contribution in [1.82, 2.24) is 14.6 Å². The zero-order valence-electron chi connectivity index (χ0n) is 22.5. The van der Waals surface area contributed by atoms with Crippen molar-refractivity contribution in [3.05, 3.63) is 83.4 Å². The monoisotopic (exact) mass is 538 g/mol. The van der Waals surface area contributed by atoms with Crippen LogP contribution in [0.2, 0.25) is 0 Å². The number of benzene rings is 3. The third kappa shape index (κ3) is 4.97. The molecular weight excluding hydrogens is 504 g/mol. The van der Waals surface area contributed by atoms with Crippen molar-refractivity contribution in [2.45, 2.75) is 20.3 Å². The van der Waals surface area contributed by atoms with Crippen molar-refractivity contribution in [3.8, 4) is 11.1 Å². The first-order chi connectivity index (χ1) is 19.0. The minimum Gasteiger partial charge on any atom is -0.353 e. The lowest BCUT2D eigenvalue weighted by Crippen LogP contribution is -2.48. The number of anilines is 1. The molecule has 0 bridgehead atoms. The number of aromatic nitrogens is 1. The van der Waals surface area contributed by atoms with Crippen LogP contribution in [0.5, 0.6) is 0 Å². The van der Waals surface area contributed by atoms with Gasteiger partial charge in [0.1, 0.15) is 5.82 Å². The van der Waals surface area contributed by atoms with Gasteiger partial charge in [0.15, 0.2) is 5.78 Å². The Hall–Kier alpha value is -3.55. The number of nitrogens with zero attached hydrogens (tertiary/aromatic N) is 3. The molecule has 0 spiro atoms. The van der Waals surface area contributed by atoms with E-state index in [4.69, 9.17) is 4.37 Å². The summed E-state index contributed by atoms with van der Waals surface area (Å²) >= 11 is 1.58. The van der Waals surface area contributed by atoms with Crippen molar-refractivity contribution in [3.63, 3.8) is 0 Å². The van der Waals surface area contributed by atoms with Gasteiger partial charge in [-0.2, -0.15) is 4.37 Å². The molecule has 0 saturated carbocycles. The lowest BCUT2D eigenvalue weighted by Gasteiger charge is -2.37. The molecule has 1 amide bonds. The average molecular weight is 539 g/mol. The molecule has 39 heavy (non-hydrogen) atoms. The SMILES string of the molecule is CC[C@H](CNC(=O)c1ccc2c(c1)C(=O)c1ccccc1-2)[C@H](C)CN1CCN(c2nsc3ccccc23)CC1. The number of carbonyl (C=O) groups is 2. The quantitative estimate of drug-likeness (QED) is 0.274. The van der Waals surface area contributed by atoms with Crippen molar-refractivity contribution < 1.29 is 9.59 Å². The number of hydrogen-bond donors (Lipinski definition) is 1. The molecule has 1 aliphatic carbocycles. The van der Waals surface area contributed by atoms with Crippen molar-refractivity contribution in [2.24, 2.45) is 11.8 Å². The predicted molar refractivity (Wildman–Crippen MR) is 159 cm³/mol. The van der Waals surface area contributed by atoms with E-state index in [0.29, 0.717) is 35.1 Å². The van der Waals surface area contributed by atoms with Gasteiger partial charge in [-0.15, -0.1) is 0 Å². The second-order valence-electron chi connectivity index (χ2n) is 10.8. The third-order valence-corrected chi connectivity index (χ3v) is 9.24. The Morgan fingerprint density at radius 1 is 0.949 bits per heavy atom. The van der Waals surface area contributed by atoms with E-state index in [1.54, 1.807) is 17.6 Å². The van der Waals surface area contributed by atoms with E-state index in [-0.39, 0.29) is 11.7 Å². The van der Waals surface area contributed by atoms with E-state index in [0.717, 1.165) is 56.1 Å². The summed E-state index contributed by atoms with van der Waals surface area (Å²) in [4.78, 5) is 30.9. The molecule has 4 aromatic rings. The van der Waals surface area contributed by atoms with Crippen LogP contribution in [0.15, 0.2) is 66.7 Å². The molecule has 2 aliphatic rings. The molecule has 1 aromatic heterocycles. The first-order valence-electron chi connectivity index (χ1n) is 13.9. The zero-order chi connectivity index (χ0) is 26.9. The maximum absolute atomic E-state index is 13.1. The van der Waals surface area contributed by atoms with Gasteiger partial charge in [0.05, 0.1) is 4.70 Å². The van der Waals surface area contributed by atoms with E-state index >= 15 is 0 Å².